The lowest BCUT2D eigenvalue weighted by Gasteiger charge is -2.06. The fraction of sp³-hybridized carbons (Fsp3) is 0.182. The molecular weight excluding hydrogens is 193 g/mol. The molecule has 3 nitrogen and oxygen atoms in total. The predicted octanol–water partition coefficient (Wildman–Crippen LogP) is 1.78. The molecule has 0 fully saturated rings. The lowest BCUT2D eigenvalue weighted by atomic mass is 10.0. The zero-order valence-corrected chi connectivity index (χ0v) is 8.23. The van der Waals surface area contributed by atoms with Gasteiger partial charge in [-0.05, 0) is 18.5 Å². The van der Waals surface area contributed by atoms with E-state index >= 15 is 0 Å². The maximum atomic E-state index is 13.3. The van der Waals surface area contributed by atoms with Crippen LogP contribution in [0.3, 0.4) is 0 Å². The molecule has 0 bridgehead atoms. The summed E-state index contributed by atoms with van der Waals surface area (Å²) in [6.07, 6.45) is 3.39. The van der Waals surface area contributed by atoms with Gasteiger partial charge in [0, 0.05) is 5.56 Å². The van der Waals surface area contributed by atoms with Crippen molar-refractivity contribution < 1.29 is 4.48 Å². The molecule has 2 aromatic rings. The Balaban J connectivity index is 2.48. The molecule has 15 heavy (non-hydrogen) atoms. The monoisotopic (exact) mass is 205 g/mol. The molecule has 0 radical (unpaired) electrons. The molecule has 0 aliphatic carbocycles. The Kier molecular flexibility index (Phi) is 2.78. The van der Waals surface area contributed by atoms with E-state index in [0.29, 0.717) is 17.0 Å². The smallest absolute Gasteiger partial charge is 0.127 e. The SMILES string of the molecule is NCCc1ccccc1-c1cncn1F. The summed E-state index contributed by atoms with van der Waals surface area (Å²) in [5.74, 6) is 0. The van der Waals surface area contributed by atoms with Crippen molar-refractivity contribution in [2.24, 2.45) is 5.73 Å². The zero-order chi connectivity index (χ0) is 10.7. The van der Waals surface area contributed by atoms with Crippen molar-refractivity contribution in [1.29, 1.82) is 0 Å². The first-order valence-electron chi connectivity index (χ1n) is 4.80. The molecule has 2 N–H and O–H groups in total. The number of nitrogens with two attached hydrogens (primary N) is 1. The fourth-order valence-corrected chi connectivity index (χ4v) is 1.61. The summed E-state index contributed by atoms with van der Waals surface area (Å²) < 4.78 is 13.3. The van der Waals surface area contributed by atoms with Crippen LogP contribution < -0.4 is 5.73 Å². The normalized spacial score (nSPS) is 10.5. The number of hydrogen-bond acceptors (Lipinski definition) is 2. The summed E-state index contributed by atoms with van der Waals surface area (Å²) in [7, 11) is 0. The van der Waals surface area contributed by atoms with Crippen LogP contribution in [0.5, 0.6) is 0 Å². The van der Waals surface area contributed by atoms with Crippen LogP contribution in [0, 0.1) is 0 Å². The summed E-state index contributed by atoms with van der Waals surface area (Å²) in [6.45, 7) is 0.553. The Bertz CT molecular complexity index is 451. The summed E-state index contributed by atoms with van der Waals surface area (Å²) in [5.41, 5.74) is 7.87. The van der Waals surface area contributed by atoms with Gasteiger partial charge < -0.3 is 5.73 Å². The van der Waals surface area contributed by atoms with E-state index in [-0.39, 0.29) is 0 Å². The molecule has 0 aliphatic heterocycles. The Morgan fingerprint density at radius 3 is 2.80 bits per heavy atom. The van der Waals surface area contributed by atoms with Crippen LogP contribution in [-0.4, -0.2) is 16.3 Å². The van der Waals surface area contributed by atoms with E-state index in [1.807, 2.05) is 24.3 Å². The van der Waals surface area contributed by atoms with Gasteiger partial charge in [0.1, 0.15) is 12.0 Å². The Hall–Kier alpha value is -1.68. The van der Waals surface area contributed by atoms with Crippen LogP contribution in [0.15, 0.2) is 36.8 Å². The molecule has 4 heteroatoms. The highest BCUT2D eigenvalue weighted by Gasteiger charge is 2.08. The van der Waals surface area contributed by atoms with E-state index < -0.39 is 0 Å². The molecule has 0 saturated carbocycles. The molecule has 1 aromatic heterocycles. The summed E-state index contributed by atoms with van der Waals surface area (Å²) in [6, 6.07) is 7.63. The minimum Gasteiger partial charge on any atom is -0.330 e. The van der Waals surface area contributed by atoms with Crippen molar-refractivity contribution >= 4 is 0 Å². The average molecular weight is 205 g/mol. The highest BCUT2D eigenvalue weighted by Crippen LogP contribution is 2.23. The highest BCUT2D eigenvalue weighted by molar-refractivity contribution is 5.63. The number of nitrogens with zero attached hydrogens (tertiary/aromatic N) is 2. The van der Waals surface area contributed by atoms with Crippen molar-refractivity contribution in [3.05, 3.63) is 42.4 Å². The molecule has 0 saturated heterocycles. The van der Waals surface area contributed by atoms with Gasteiger partial charge in [0.2, 0.25) is 0 Å². The Morgan fingerprint density at radius 1 is 1.33 bits per heavy atom. The van der Waals surface area contributed by atoms with Crippen LogP contribution >= 0.6 is 0 Å². The minimum atomic E-state index is 0.471. The Morgan fingerprint density at radius 2 is 2.13 bits per heavy atom. The van der Waals surface area contributed by atoms with E-state index in [0.717, 1.165) is 23.9 Å². The molecule has 0 amide bonds. The molecular formula is C11H12FN3. The quantitative estimate of drug-likeness (QED) is 0.830. The van der Waals surface area contributed by atoms with E-state index in [1.54, 1.807) is 0 Å². The van der Waals surface area contributed by atoms with Crippen LogP contribution in [0.4, 0.5) is 4.48 Å². The van der Waals surface area contributed by atoms with E-state index in [4.69, 9.17) is 5.73 Å². The number of aromatic nitrogens is 2. The van der Waals surface area contributed by atoms with Gasteiger partial charge in [-0.1, -0.05) is 28.7 Å². The molecule has 1 heterocycles. The number of imidazole rings is 1. The molecule has 1 aromatic carbocycles. The number of halogens is 1. The van der Waals surface area contributed by atoms with Crippen LogP contribution in [0.1, 0.15) is 5.56 Å². The Labute approximate surface area is 87.3 Å². The van der Waals surface area contributed by atoms with E-state index in [9.17, 15) is 4.48 Å². The molecule has 0 unspecified atom stereocenters. The summed E-state index contributed by atoms with van der Waals surface area (Å²) in [4.78, 5) is 4.28. The number of benzene rings is 1. The second-order valence-corrected chi connectivity index (χ2v) is 3.29. The minimum absolute atomic E-state index is 0.471. The van der Waals surface area contributed by atoms with Crippen molar-refractivity contribution in [2.45, 2.75) is 6.42 Å². The third-order valence-electron chi connectivity index (χ3n) is 2.30. The van der Waals surface area contributed by atoms with Crippen molar-refractivity contribution in [1.82, 2.24) is 9.77 Å². The molecule has 0 aliphatic rings. The number of rotatable bonds is 3. The number of hydrogen-bond donors (Lipinski definition) is 1. The second kappa shape index (κ2) is 4.23. The van der Waals surface area contributed by atoms with Gasteiger partial charge in [-0.15, -0.1) is 0 Å². The standard InChI is InChI=1S/C11H12FN3/c12-15-8-14-7-11(15)10-4-2-1-3-9(10)5-6-13/h1-4,7-8H,5-6,13H2. The van der Waals surface area contributed by atoms with E-state index in [2.05, 4.69) is 4.98 Å². The van der Waals surface area contributed by atoms with Gasteiger partial charge >= 0.3 is 0 Å². The van der Waals surface area contributed by atoms with Gasteiger partial charge in [-0.25, -0.2) is 4.98 Å². The van der Waals surface area contributed by atoms with Crippen molar-refractivity contribution in [2.75, 3.05) is 6.54 Å². The third-order valence-corrected chi connectivity index (χ3v) is 2.30. The molecule has 0 atom stereocenters. The van der Waals surface area contributed by atoms with Gasteiger partial charge in [-0.2, -0.15) is 4.79 Å². The van der Waals surface area contributed by atoms with Gasteiger partial charge in [0.15, 0.2) is 0 Å². The largest absolute Gasteiger partial charge is 0.330 e. The lowest BCUT2D eigenvalue weighted by molar-refractivity contribution is 0.374. The lowest BCUT2D eigenvalue weighted by Crippen LogP contribution is -2.04. The van der Waals surface area contributed by atoms with Crippen molar-refractivity contribution in [3.63, 3.8) is 0 Å². The van der Waals surface area contributed by atoms with E-state index in [1.165, 1.54) is 6.20 Å². The summed E-state index contributed by atoms with van der Waals surface area (Å²) >= 11 is 0. The predicted molar refractivity (Wildman–Crippen MR) is 56.9 cm³/mol. The van der Waals surface area contributed by atoms with Crippen LogP contribution in [0.2, 0.25) is 0 Å². The van der Waals surface area contributed by atoms with Gasteiger partial charge in [0.05, 0.1) is 6.20 Å². The molecule has 2 rings (SSSR count). The van der Waals surface area contributed by atoms with Gasteiger partial charge in [0.25, 0.3) is 0 Å². The average Bonchev–Trinajstić information content (AvgIpc) is 2.66. The maximum absolute atomic E-state index is 13.3. The third kappa shape index (κ3) is 1.89. The summed E-state index contributed by atoms with van der Waals surface area (Å²) in [5, 5.41) is 0. The van der Waals surface area contributed by atoms with Gasteiger partial charge in [-0.3, -0.25) is 0 Å². The van der Waals surface area contributed by atoms with Crippen LogP contribution in [-0.2, 0) is 6.42 Å². The first-order valence-corrected chi connectivity index (χ1v) is 4.80. The van der Waals surface area contributed by atoms with Crippen LogP contribution in [0.25, 0.3) is 11.3 Å². The molecule has 0 spiro atoms. The first-order chi connectivity index (χ1) is 7.33. The first kappa shape index (κ1) is 9.86. The fourth-order valence-electron chi connectivity index (χ4n) is 1.61. The molecule has 78 valence electrons. The maximum Gasteiger partial charge on any atom is 0.127 e. The highest BCUT2D eigenvalue weighted by atomic mass is 19.2. The zero-order valence-electron chi connectivity index (χ0n) is 8.23. The second-order valence-electron chi connectivity index (χ2n) is 3.29. The van der Waals surface area contributed by atoms with Crippen molar-refractivity contribution in [3.8, 4) is 11.3 Å². The topological polar surface area (TPSA) is 43.8 Å².